The predicted octanol–water partition coefficient (Wildman–Crippen LogP) is 2.27. The average molecular weight is 293 g/mol. The molecule has 0 radical (unpaired) electrons. The van der Waals surface area contributed by atoms with E-state index in [-0.39, 0.29) is 17.0 Å². The SMILES string of the molecule is Cc1cc(N)cc(C(=O)N2CCN(C(C)(C)C)CC2)c1F. The summed E-state index contributed by atoms with van der Waals surface area (Å²) < 4.78 is 14.1. The number of carbonyl (C=O) groups excluding carboxylic acids is 1. The normalized spacial score (nSPS) is 17.1. The molecule has 0 saturated carbocycles. The molecule has 5 heteroatoms. The minimum atomic E-state index is -0.465. The summed E-state index contributed by atoms with van der Waals surface area (Å²) in [5.74, 6) is -0.732. The molecule has 1 heterocycles. The fourth-order valence-electron chi connectivity index (χ4n) is 2.70. The number of hydrogen-bond acceptors (Lipinski definition) is 3. The second kappa shape index (κ2) is 5.64. The van der Waals surface area contributed by atoms with Crippen molar-refractivity contribution in [3.8, 4) is 0 Å². The molecule has 0 spiro atoms. The Labute approximate surface area is 125 Å². The van der Waals surface area contributed by atoms with E-state index in [0.717, 1.165) is 13.1 Å². The molecule has 0 unspecified atom stereocenters. The van der Waals surface area contributed by atoms with Crippen molar-refractivity contribution >= 4 is 11.6 Å². The van der Waals surface area contributed by atoms with Gasteiger partial charge in [-0.25, -0.2) is 4.39 Å². The second-order valence-corrected chi connectivity index (χ2v) is 6.65. The van der Waals surface area contributed by atoms with Crippen LogP contribution in [0.4, 0.5) is 10.1 Å². The third-order valence-corrected chi connectivity index (χ3v) is 4.02. The quantitative estimate of drug-likeness (QED) is 0.808. The molecule has 1 aromatic rings. The summed E-state index contributed by atoms with van der Waals surface area (Å²) in [5.41, 5.74) is 6.73. The van der Waals surface area contributed by atoms with E-state index >= 15 is 0 Å². The van der Waals surface area contributed by atoms with Gasteiger partial charge in [-0.1, -0.05) is 0 Å². The van der Waals surface area contributed by atoms with Crippen LogP contribution in [0.3, 0.4) is 0 Å². The highest BCUT2D eigenvalue weighted by atomic mass is 19.1. The lowest BCUT2D eigenvalue weighted by molar-refractivity contribution is 0.0447. The lowest BCUT2D eigenvalue weighted by Gasteiger charge is -2.42. The fourth-order valence-corrected chi connectivity index (χ4v) is 2.70. The maximum absolute atomic E-state index is 14.1. The van der Waals surface area contributed by atoms with Gasteiger partial charge in [0.15, 0.2) is 0 Å². The van der Waals surface area contributed by atoms with E-state index in [0.29, 0.717) is 24.3 Å². The Bertz CT molecular complexity index is 543. The van der Waals surface area contributed by atoms with Gasteiger partial charge in [-0.3, -0.25) is 9.69 Å². The van der Waals surface area contributed by atoms with Crippen molar-refractivity contribution < 1.29 is 9.18 Å². The Morgan fingerprint density at radius 1 is 1.19 bits per heavy atom. The highest BCUT2D eigenvalue weighted by Gasteiger charge is 2.29. The monoisotopic (exact) mass is 293 g/mol. The summed E-state index contributed by atoms with van der Waals surface area (Å²) in [4.78, 5) is 16.5. The van der Waals surface area contributed by atoms with Crippen molar-refractivity contribution in [3.05, 3.63) is 29.1 Å². The smallest absolute Gasteiger partial charge is 0.257 e. The largest absolute Gasteiger partial charge is 0.399 e. The molecular weight excluding hydrogens is 269 g/mol. The first-order valence-corrected chi connectivity index (χ1v) is 7.30. The van der Waals surface area contributed by atoms with Gasteiger partial charge in [0.1, 0.15) is 5.82 Å². The maximum atomic E-state index is 14.1. The van der Waals surface area contributed by atoms with Gasteiger partial charge in [-0.15, -0.1) is 0 Å². The van der Waals surface area contributed by atoms with Crippen LogP contribution in [0.25, 0.3) is 0 Å². The minimum Gasteiger partial charge on any atom is -0.399 e. The summed E-state index contributed by atoms with van der Waals surface area (Å²) in [5, 5.41) is 0. The molecular formula is C16H24FN3O. The van der Waals surface area contributed by atoms with Crippen LogP contribution >= 0.6 is 0 Å². The molecule has 1 saturated heterocycles. The number of anilines is 1. The van der Waals surface area contributed by atoms with Crippen molar-refractivity contribution in [1.82, 2.24) is 9.80 Å². The molecule has 21 heavy (non-hydrogen) atoms. The van der Waals surface area contributed by atoms with Crippen molar-refractivity contribution in [1.29, 1.82) is 0 Å². The first kappa shape index (κ1) is 15.8. The molecule has 1 aliphatic heterocycles. The minimum absolute atomic E-state index is 0.0803. The molecule has 0 aliphatic carbocycles. The van der Waals surface area contributed by atoms with Gasteiger partial charge in [0.05, 0.1) is 5.56 Å². The number of benzene rings is 1. The summed E-state index contributed by atoms with van der Waals surface area (Å²) in [6, 6.07) is 2.98. The van der Waals surface area contributed by atoms with Crippen LogP contribution in [0.5, 0.6) is 0 Å². The zero-order valence-corrected chi connectivity index (χ0v) is 13.2. The first-order valence-electron chi connectivity index (χ1n) is 7.30. The van der Waals surface area contributed by atoms with E-state index < -0.39 is 5.82 Å². The van der Waals surface area contributed by atoms with E-state index in [1.165, 1.54) is 6.07 Å². The highest BCUT2D eigenvalue weighted by molar-refractivity contribution is 5.95. The van der Waals surface area contributed by atoms with Gasteiger partial charge in [0.2, 0.25) is 0 Å². The van der Waals surface area contributed by atoms with Gasteiger partial charge < -0.3 is 10.6 Å². The average Bonchev–Trinajstić information content (AvgIpc) is 2.41. The molecule has 1 amide bonds. The van der Waals surface area contributed by atoms with Gasteiger partial charge >= 0.3 is 0 Å². The van der Waals surface area contributed by atoms with E-state index in [9.17, 15) is 9.18 Å². The van der Waals surface area contributed by atoms with Gasteiger partial charge in [0.25, 0.3) is 5.91 Å². The van der Waals surface area contributed by atoms with Crippen LogP contribution in [0.2, 0.25) is 0 Å². The number of rotatable bonds is 1. The summed E-state index contributed by atoms with van der Waals surface area (Å²) in [6.07, 6.45) is 0. The fraction of sp³-hybridized carbons (Fsp3) is 0.562. The molecule has 4 nitrogen and oxygen atoms in total. The van der Waals surface area contributed by atoms with Crippen LogP contribution in [-0.2, 0) is 0 Å². The zero-order chi connectivity index (χ0) is 15.8. The molecule has 1 aromatic carbocycles. The molecule has 2 N–H and O–H groups in total. The number of carbonyl (C=O) groups is 1. The Morgan fingerprint density at radius 2 is 1.76 bits per heavy atom. The Hall–Kier alpha value is -1.62. The second-order valence-electron chi connectivity index (χ2n) is 6.65. The topological polar surface area (TPSA) is 49.6 Å². The lowest BCUT2D eigenvalue weighted by atomic mass is 10.0. The summed E-state index contributed by atoms with van der Waals surface area (Å²) in [7, 11) is 0. The Morgan fingerprint density at radius 3 is 2.29 bits per heavy atom. The molecule has 2 rings (SSSR count). The van der Waals surface area contributed by atoms with Crippen molar-refractivity contribution in [2.45, 2.75) is 33.2 Å². The van der Waals surface area contributed by atoms with Crippen LogP contribution < -0.4 is 5.73 Å². The lowest BCUT2D eigenvalue weighted by Crippen LogP contribution is -2.54. The van der Waals surface area contributed by atoms with Gasteiger partial charge in [-0.05, 0) is 45.4 Å². The van der Waals surface area contributed by atoms with Crippen molar-refractivity contribution in [2.24, 2.45) is 0 Å². The molecule has 0 atom stereocenters. The van der Waals surface area contributed by atoms with E-state index in [4.69, 9.17) is 5.73 Å². The Kier molecular flexibility index (Phi) is 4.23. The molecule has 0 aromatic heterocycles. The summed E-state index contributed by atoms with van der Waals surface area (Å²) in [6.45, 7) is 10.9. The third kappa shape index (κ3) is 3.35. The predicted molar refractivity (Wildman–Crippen MR) is 82.8 cm³/mol. The van der Waals surface area contributed by atoms with Crippen LogP contribution in [0, 0.1) is 12.7 Å². The molecule has 1 fully saturated rings. The number of halogens is 1. The van der Waals surface area contributed by atoms with Crippen molar-refractivity contribution in [2.75, 3.05) is 31.9 Å². The van der Waals surface area contributed by atoms with E-state index in [2.05, 4.69) is 25.7 Å². The van der Waals surface area contributed by atoms with Gasteiger partial charge in [0, 0.05) is 37.4 Å². The molecule has 116 valence electrons. The molecule has 0 bridgehead atoms. The number of nitrogen functional groups attached to an aromatic ring is 1. The number of nitrogens with two attached hydrogens (primary N) is 1. The standard InChI is InChI=1S/C16H24FN3O/c1-11-9-12(18)10-13(14(11)17)15(21)19-5-7-20(8-6-19)16(2,3)4/h9-10H,5-8,18H2,1-4H3. The van der Waals surface area contributed by atoms with Crippen LogP contribution in [-0.4, -0.2) is 47.4 Å². The summed E-state index contributed by atoms with van der Waals surface area (Å²) >= 11 is 0. The van der Waals surface area contributed by atoms with E-state index in [1.54, 1.807) is 17.9 Å². The highest BCUT2D eigenvalue weighted by Crippen LogP contribution is 2.21. The van der Waals surface area contributed by atoms with Crippen molar-refractivity contribution in [3.63, 3.8) is 0 Å². The first-order chi connectivity index (χ1) is 9.70. The molecule has 1 aliphatic rings. The number of aryl methyl sites for hydroxylation is 1. The van der Waals surface area contributed by atoms with Crippen LogP contribution in [0.15, 0.2) is 12.1 Å². The van der Waals surface area contributed by atoms with Crippen LogP contribution in [0.1, 0.15) is 36.7 Å². The Balaban J connectivity index is 2.13. The van der Waals surface area contributed by atoms with Gasteiger partial charge in [-0.2, -0.15) is 0 Å². The maximum Gasteiger partial charge on any atom is 0.257 e. The van der Waals surface area contributed by atoms with E-state index in [1.807, 2.05) is 0 Å². The number of nitrogens with zero attached hydrogens (tertiary/aromatic N) is 2. The third-order valence-electron chi connectivity index (χ3n) is 4.02. The number of piperazine rings is 1. The zero-order valence-electron chi connectivity index (χ0n) is 13.2. The number of hydrogen-bond donors (Lipinski definition) is 1. The number of amides is 1.